The van der Waals surface area contributed by atoms with Crippen molar-refractivity contribution in [1.29, 1.82) is 0 Å². The van der Waals surface area contributed by atoms with E-state index in [1.54, 1.807) is 0 Å². The van der Waals surface area contributed by atoms with Crippen LogP contribution in [0.3, 0.4) is 0 Å². The van der Waals surface area contributed by atoms with Crippen LogP contribution in [0.1, 0.15) is 25.7 Å². The molecular formula is C13H19NO3. The van der Waals surface area contributed by atoms with Crippen molar-refractivity contribution in [2.24, 2.45) is 17.3 Å². The van der Waals surface area contributed by atoms with Gasteiger partial charge in [0.25, 0.3) is 0 Å². The number of carbonyl (C=O) groups excluding carboxylic acids is 1. The maximum absolute atomic E-state index is 12.2. The third-order valence-corrected chi connectivity index (χ3v) is 5.20. The monoisotopic (exact) mass is 237 g/mol. The molecule has 4 aliphatic rings. The van der Waals surface area contributed by atoms with Gasteiger partial charge in [-0.3, -0.25) is 4.79 Å². The van der Waals surface area contributed by atoms with Crippen LogP contribution >= 0.6 is 0 Å². The van der Waals surface area contributed by atoms with Gasteiger partial charge in [0.2, 0.25) is 5.91 Å². The summed E-state index contributed by atoms with van der Waals surface area (Å²) < 4.78 is 5.40. The second-order valence-corrected chi connectivity index (χ2v) is 6.49. The molecule has 0 radical (unpaired) electrons. The van der Waals surface area contributed by atoms with Gasteiger partial charge in [0.05, 0.1) is 19.7 Å². The molecule has 2 heterocycles. The summed E-state index contributed by atoms with van der Waals surface area (Å²) >= 11 is 0. The molecule has 0 aromatic heterocycles. The van der Waals surface area contributed by atoms with Gasteiger partial charge in [0.1, 0.15) is 5.60 Å². The fraction of sp³-hybridized carbons (Fsp3) is 0.923. The van der Waals surface area contributed by atoms with E-state index in [9.17, 15) is 9.90 Å². The van der Waals surface area contributed by atoms with Crippen LogP contribution in [-0.2, 0) is 9.53 Å². The van der Waals surface area contributed by atoms with Crippen LogP contribution in [0.4, 0.5) is 0 Å². The highest BCUT2D eigenvalue weighted by molar-refractivity contribution is 5.84. The van der Waals surface area contributed by atoms with Crippen LogP contribution in [0.25, 0.3) is 0 Å². The van der Waals surface area contributed by atoms with Crippen molar-refractivity contribution in [3.63, 3.8) is 0 Å². The molecule has 4 nitrogen and oxygen atoms in total. The molecule has 4 heteroatoms. The Morgan fingerprint density at radius 3 is 2.71 bits per heavy atom. The van der Waals surface area contributed by atoms with Crippen LogP contribution in [0, 0.1) is 17.3 Å². The largest absolute Gasteiger partial charge is 0.386 e. The number of ether oxygens (including phenoxy) is 1. The first-order valence-corrected chi connectivity index (χ1v) is 6.72. The van der Waals surface area contributed by atoms with Crippen molar-refractivity contribution < 1.29 is 14.6 Å². The van der Waals surface area contributed by atoms with Gasteiger partial charge in [-0.1, -0.05) is 0 Å². The lowest BCUT2D eigenvalue weighted by Crippen LogP contribution is -2.65. The standard InChI is InChI=1S/C13H19NO3/c15-11(10-5-12(10)3-4-17-8-12)14-6-13(16,7-14)9-1-2-9/h9-10,16H,1-8H2. The Morgan fingerprint density at radius 1 is 1.35 bits per heavy atom. The van der Waals surface area contributed by atoms with E-state index in [1.165, 1.54) is 0 Å². The number of rotatable bonds is 2. The Labute approximate surface area is 101 Å². The molecule has 2 unspecified atom stereocenters. The van der Waals surface area contributed by atoms with E-state index >= 15 is 0 Å². The number of β-amino-alcohol motifs (C(OH)–C–C–N with tert-alkyl or cyclic N) is 1. The topological polar surface area (TPSA) is 49.8 Å². The van der Waals surface area contributed by atoms with E-state index in [0.29, 0.717) is 19.0 Å². The molecule has 0 bridgehead atoms. The zero-order chi connectivity index (χ0) is 11.7. The Bertz CT molecular complexity index is 365. The second-order valence-electron chi connectivity index (χ2n) is 6.49. The van der Waals surface area contributed by atoms with Crippen LogP contribution in [0.15, 0.2) is 0 Å². The van der Waals surface area contributed by atoms with Crippen molar-refractivity contribution in [2.45, 2.75) is 31.3 Å². The highest BCUT2D eigenvalue weighted by Gasteiger charge is 2.63. The molecule has 17 heavy (non-hydrogen) atoms. The molecule has 2 aliphatic heterocycles. The Morgan fingerprint density at radius 2 is 2.12 bits per heavy atom. The SMILES string of the molecule is O=C(C1CC12CCOC2)N1CC(O)(C2CC2)C1. The van der Waals surface area contributed by atoms with E-state index in [0.717, 1.165) is 38.9 Å². The summed E-state index contributed by atoms with van der Waals surface area (Å²) in [5, 5.41) is 10.2. The predicted octanol–water partition coefficient (Wildman–Crippen LogP) is 0.396. The summed E-state index contributed by atoms with van der Waals surface area (Å²) in [5.74, 6) is 0.920. The van der Waals surface area contributed by atoms with Crippen LogP contribution < -0.4 is 0 Å². The van der Waals surface area contributed by atoms with Crippen molar-refractivity contribution in [3.05, 3.63) is 0 Å². The number of likely N-dealkylation sites (tertiary alicyclic amines) is 1. The van der Waals surface area contributed by atoms with Crippen molar-refractivity contribution in [1.82, 2.24) is 4.90 Å². The third kappa shape index (κ3) is 1.40. The van der Waals surface area contributed by atoms with E-state index in [4.69, 9.17) is 4.74 Å². The molecule has 1 spiro atoms. The first kappa shape index (κ1) is 10.3. The smallest absolute Gasteiger partial charge is 0.226 e. The minimum Gasteiger partial charge on any atom is -0.386 e. The van der Waals surface area contributed by atoms with Gasteiger partial charge < -0.3 is 14.7 Å². The summed E-state index contributed by atoms with van der Waals surface area (Å²) in [6.07, 6.45) is 4.33. The summed E-state index contributed by atoms with van der Waals surface area (Å²) in [4.78, 5) is 14.1. The van der Waals surface area contributed by atoms with Crippen LogP contribution in [-0.4, -0.2) is 47.8 Å². The maximum Gasteiger partial charge on any atom is 0.226 e. The molecule has 0 aromatic carbocycles. The molecule has 1 amide bonds. The lowest BCUT2D eigenvalue weighted by Gasteiger charge is -2.47. The Kier molecular flexibility index (Phi) is 1.84. The molecule has 2 aliphatic carbocycles. The highest BCUT2D eigenvalue weighted by atomic mass is 16.5. The van der Waals surface area contributed by atoms with Crippen molar-refractivity contribution >= 4 is 5.91 Å². The number of nitrogens with zero attached hydrogens (tertiary/aromatic N) is 1. The zero-order valence-electron chi connectivity index (χ0n) is 10.0. The molecule has 2 saturated heterocycles. The molecule has 4 rings (SSSR count). The number of aliphatic hydroxyl groups is 1. The predicted molar refractivity (Wildman–Crippen MR) is 60.2 cm³/mol. The normalized spacial score (nSPS) is 42.6. The molecular weight excluding hydrogens is 218 g/mol. The molecule has 2 atom stereocenters. The maximum atomic E-state index is 12.2. The van der Waals surface area contributed by atoms with E-state index < -0.39 is 5.60 Å². The van der Waals surface area contributed by atoms with E-state index in [1.807, 2.05) is 4.90 Å². The van der Waals surface area contributed by atoms with Gasteiger partial charge in [-0.25, -0.2) is 0 Å². The second kappa shape index (κ2) is 3.04. The fourth-order valence-corrected chi connectivity index (χ4v) is 3.63. The fourth-order valence-electron chi connectivity index (χ4n) is 3.63. The number of amides is 1. The van der Waals surface area contributed by atoms with Gasteiger partial charge in [-0.2, -0.15) is 0 Å². The summed E-state index contributed by atoms with van der Waals surface area (Å²) in [6, 6.07) is 0. The molecule has 94 valence electrons. The third-order valence-electron chi connectivity index (χ3n) is 5.20. The number of carbonyl (C=O) groups is 1. The molecule has 0 aromatic rings. The lowest BCUT2D eigenvalue weighted by atomic mass is 9.88. The summed E-state index contributed by atoms with van der Waals surface area (Å²) in [6.45, 7) is 2.73. The quantitative estimate of drug-likeness (QED) is 0.756. The van der Waals surface area contributed by atoms with Gasteiger partial charge in [0.15, 0.2) is 0 Å². The zero-order valence-corrected chi connectivity index (χ0v) is 10.0. The average Bonchev–Trinajstić information content (AvgIpc) is 3.12. The first-order chi connectivity index (χ1) is 8.13. The van der Waals surface area contributed by atoms with E-state index in [-0.39, 0.29) is 17.2 Å². The first-order valence-electron chi connectivity index (χ1n) is 6.72. The van der Waals surface area contributed by atoms with Gasteiger partial charge in [0, 0.05) is 17.9 Å². The summed E-state index contributed by atoms with van der Waals surface area (Å²) in [5.41, 5.74) is -0.353. The van der Waals surface area contributed by atoms with Crippen LogP contribution in [0.2, 0.25) is 0 Å². The minimum absolute atomic E-state index is 0.185. The minimum atomic E-state index is -0.538. The number of hydrogen-bond donors (Lipinski definition) is 1. The Hall–Kier alpha value is -0.610. The average molecular weight is 237 g/mol. The Balaban J connectivity index is 1.37. The summed E-state index contributed by atoms with van der Waals surface area (Å²) in [7, 11) is 0. The number of hydrogen-bond acceptors (Lipinski definition) is 3. The highest BCUT2D eigenvalue weighted by Crippen LogP contribution is 2.59. The molecule has 2 saturated carbocycles. The van der Waals surface area contributed by atoms with E-state index in [2.05, 4.69) is 0 Å². The van der Waals surface area contributed by atoms with Gasteiger partial charge >= 0.3 is 0 Å². The molecule has 4 fully saturated rings. The van der Waals surface area contributed by atoms with Crippen molar-refractivity contribution in [2.75, 3.05) is 26.3 Å². The molecule has 1 N–H and O–H groups in total. The van der Waals surface area contributed by atoms with Crippen LogP contribution in [0.5, 0.6) is 0 Å². The van der Waals surface area contributed by atoms with Crippen molar-refractivity contribution in [3.8, 4) is 0 Å². The lowest BCUT2D eigenvalue weighted by molar-refractivity contribution is -0.161. The van der Waals surface area contributed by atoms with Gasteiger partial charge in [-0.05, 0) is 31.6 Å². The van der Waals surface area contributed by atoms with Gasteiger partial charge in [-0.15, -0.1) is 0 Å².